The summed E-state index contributed by atoms with van der Waals surface area (Å²) in [6.07, 6.45) is 1.63. The number of ether oxygens (including phenoxy) is 1. The van der Waals surface area contributed by atoms with Gasteiger partial charge >= 0.3 is 5.97 Å². The number of halogens is 2. The molecule has 2 N–H and O–H groups in total. The highest BCUT2D eigenvalue weighted by molar-refractivity contribution is 5.81. The molecule has 0 radical (unpaired) electrons. The van der Waals surface area contributed by atoms with E-state index in [9.17, 15) is 18.7 Å². The number of rotatable bonds is 6. The van der Waals surface area contributed by atoms with Gasteiger partial charge < -0.3 is 14.7 Å². The standard InChI is InChI=1S/C21H28F2N2O3/c1-15(16-8-11-25(14-24)12-9-16)28-19(26)21(27,17-5-3-2-4-6-17)18-7-10-20(22,23)13-18/h2-6,14-16,18,24,27H,7-13H2,1H3/t15?,18-,21+/m1/s1. The van der Waals surface area contributed by atoms with Crippen molar-refractivity contribution in [2.24, 2.45) is 11.8 Å². The first-order valence-corrected chi connectivity index (χ1v) is 9.87. The molecular formula is C21H28F2N2O3. The monoisotopic (exact) mass is 394 g/mol. The van der Waals surface area contributed by atoms with E-state index < -0.39 is 35.9 Å². The molecule has 1 unspecified atom stereocenters. The van der Waals surface area contributed by atoms with E-state index in [0.717, 1.165) is 12.8 Å². The summed E-state index contributed by atoms with van der Waals surface area (Å²) in [6, 6.07) is 8.28. The van der Waals surface area contributed by atoms with E-state index in [-0.39, 0.29) is 18.8 Å². The van der Waals surface area contributed by atoms with E-state index in [1.165, 1.54) is 6.34 Å². The molecule has 1 aliphatic heterocycles. The van der Waals surface area contributed by atoms with Crippen molar-refractivity contribution in [3.8, 4) is 0 Å². The lowest BCUT2D eigenvalue weighted by Gasteiger charge is -2.36. The molecule has 1 saturated heterocycles. The van der Waals surface area contributed by atoms with E-state index in [2.05, 4.69) is 0 Å². The second-order valence-electron chi connectivity index (χ2n) is 8.04. The van der Waals surface area contributed by atoms with E-state index in [1.807, 2.05) is 4.90 Å². The van der Waals surface area contributed by atoms with Crippen molar-refractivity contribution in [2.45, 2.75) is 56.7 Å². The van der Waals surface area contributed by atoms with Gasteiger partial charge in [-0.1, -0.05) is 30.3 Å². The highest BCUT2D eigenvalue weighted by Gasteiger charge is 2.54. The lowest BCUT2D eigenvalue weighted by atomic mass is 9.80. The summed E-state index contributed by atoms with van der Waals surface area (Å²) >= 11 is 0. The normalized spacial score (nSPS) is 25.7. The summed E-state index contributed by atoms with van der Waals surface area (Å²) in [5.74, 6) is -4.49. The molecule has 0 spiro atoms. The minimum absolute atomic E-state index is 0.0690. The van der Waals surface area contributed by atoms with Crippen LogP contribution in [0.5, 0.6) is 0 Å². The average molecular weight is 394 g/mol. The van der Waals surface area contributed by atoms with E-state index in [4.69, 9.17) is 10.1 Å². The van der Waals surface area contributed by atoms with Crippen LogP contribution in [0.25, 0.3) is 0 Å². The molecule has 0 amide bonds. The van der Waals surface area contributed by atoms with Crippen molar-refractivity contribution in [1.29, 1.82) is 5.41 Å². The van der Waals surface area contributed by atoms with E-state index in [1.54, 1.807) is 37.3 Å². The number of likely N-dealkylation sites (tertiary alicyclic amines) is 1. The van der Waals surface area contributed by atoms with Gasteiger partial charge in [0.05, 0.1) is 6.34 Å². The molecule has 3 atom stereocenters. The maximum atomic E-state index is 13.8. The van der Waals surface area contributed by atoms with Gasteiger partial charge in [0.15, 0.2) is 5.60 Å². The average Bonchev–Trinajstić information content (AvgIpc) is 3.08. The van der Waals surface area contributed by atoms with Crippen molar-refractivity contribution in [3.63, 3.8) is 0 Å². The Kier molecular flexibility index (Phi) is 6.03. The fourth-order valence-corrected chi connectivity index (χ4v) is 4.39. The Hall–Kier alpha value is -2.02. The second kappa shape index (κ2) is 8.15. The lowest BCUT2D eigenvalue weighted by molar-refractivity contribution is -0.182. The van der Waals surface area contributed by atoms with Gasteiger partial charge in [-0.15, -0.1) is 0 Å². The summed E-state index contributed by atoms with van der Waals surface area (Å²) in [5.41, 5.74) is -1.78. The third-order valence-electron chi connectivity index (χ3n) is 6.23. The van der Waals surface area contributed by atoms with Gasteiger partial charge in [0, 0.05) is 31.8 Å². The molecule has 0 bridgehead atoms. The van der Waals surface area contributed by atoms with Crippen LogP contribution >= 0.6 is 0 Å². The summed E-state index contributed by atoms with van der Waals surface area (Å²) in [7, 11) is 0. The Morgan fingerprint density at radius 3 is 2.50 bits per heavy atom. The molecule has 154 valence electrons. The van der Waals surface area contributed by atoms with Crippen molar-refractivity contribution >= 4 is 12.3 Å². The molecule has 2 fully saturated rings. The van der Waals surface area contributed by atoms with E-state index >= 15 is 0 Å². The number of nitrogens with zero attached hydrogens (tertiary/aromatic N) is 1. The molecule has 3 rings (SSSR count). The topological polar surface area (TPSA) is 73.6 Å². The third kappa shape index (κ3) is 4.19. The predicted octanol–water partition coefficient (Wildman–Crippen LogP) is 3.56. The van der Waals surface area contributed by atoms with Crippen LogP contribution in [0.2, 0.25) is 0 Å². The van der Waals surface area contributed by atoms with Gasteiger partial charge in [-0.05, 0) is 37.7 Å². The molecule has 1 aromatic rings. The lowest BCUT2D eigenvalue weighted by Crippen LogP contribution is -2.46. The maximum absolute atomic E-state index is 13.8. The van der Waals surface area contributed by atoms with Crippen LogP contribution in [0.4, 0.5) is 8.78 Å². The zero-order valence-corrected chi connectivity index (χ0v) is 16.1. The van der Waals surface area contributed by atoms with Gasteiger partial charge in [0.2, 0.25) is 5.92 Å². The van der Waals surface area contributed by atoms with Crippen LogP contribution in [-0.2, 0) is 15.1 Å². The molecule has 7 heteroatoms. The minimum atomic E-state index is -2.88. The summed E-state index contributed by atoms with van der Waals surface area (Å²) in [4.78, 5) is 15.0. The predicted molar refractivity (Wildman–Crippen MR) is 101 cm³/mol. The Morgan fingerprint density at radius 2 is 1.96 bits per heavy atom. The highest BCUT2D eigenvalue weighted by Crippen LogP contribution is 2.48. The molecule has 0 aromatic heterocycles. The third-order valence-corrected chi connectivity index (χ3v) is 6.23. The fraction of sp³-hybridized carbons (Fsp3) is 0.619. The number of esters is 1. The van der Waals surface area contributed by atoms with Crippen LogP contribution in [0.15, 0.2) is 30.3 Å². The SMILES string of the molecule is CC(OC(=O)[C@](O)(c1ccccc1)[C@@H]1CCC(F)(F)C1)C1CCN(C=N)CC1. The van der Waals surface area contributed by atoms with Crippen LogP contribution < -0.4 is 0 Å². The summed E-state index contributed by atoms with van der Waals surface area (Å²) < 4.78 is 33.3. The quantitative estimate of drug-likeness (QED) is 0.440. The van der Waals surface area contributed by atoms with Crippen LogP contribution in [0.3, 0.4) is 0 Å². The largest absolute Gasteiger partial charge is 0.460 e. The van der Waals surface area contributed by atoms with Gasteiger partial charge in [0.25, 0.3) is 0 Å². The van der Waals surface area contributed by atoms with Gasteiger partial charge in [0.1, 0.15) is 6.10 Å². The number of hydrogen-bond acceptors (Lipinski definition) is 4. The summed E-state index contributed by atoms with van der Waals surface area (Å²) in [5, 5.41) is 18.7. The number of carbonyl (C=O) groups excluding carboxylic acids is 1. The fourth-order valence-electron chi connectivity index (χ4n) is 4.39. The van der Waals surface area contributed by atoms with E-state index in [0.29, 0.717) is 18.7 Å². The molecule has 1 saturated carbocycles. The van der Waals surface area contributed by atoms with Crippen molar-refractivity contribution in [2.75, 3.05) is 13.1 Å². The Bertz CT molecular complexity index is 692. The van der Waals surface area contributed by atoms with Gasteiger partial charge in [-0.3, -0.25) is 5.41 Å². The molecule has 1 aliphatic carbocycles. The molecule has 5 nitrogen and oxygen atoms in total. The van der Waals surface area contributed by atoms with Crippen LogP contribution in [-0.4, -0.2) is 47.4 Å². The zero-order chi connectivity index (χ0) is 20.4. The maximum Gasteiger partial charge on any atom is 0.343 e. The molecule has 2 aliphatic rings. The number of carbonyl (C=O) groups is 1. The van der Waals surface area contributed by atoms with Gasteiger partial charge in [-0.25, -0.2) is 13.6 Å². The minimum Gasteiger partial charge on any atom is -0.460 e. The molecule has 1 aromatic carbocycles. The first kappa shape index (κ1) is 20.7. The molecule has 1 heterocycles. The second-order valence-corrected chi connectivity index (χ2v) is 8.04. The highest BCUT2D eigenvalue weighted by atomic mass is 19.3. The first-order chi connectivity index (χ1) is 13.3. The number of benzene rings is 1. The number of alkyl halides is 2. The van der Waals surface area contributed by atoms with Crippen molar-refractivity contribution < 1.29 is 23.4 Å². The van der Waals surface area contributed by atoms with Crippen molar-refractivity contribution in [1.82, 2.24) is 4.90 Å². The number of aliphatic hydroxyl groups is 1. The number of nitrogens with one attached hydrogen (secondary N) is 1. The smallest absolute Gasteiger partial charge is 0.343 e. The number of hydrogen-bond donors (Lipinski definition) is 2. The van der Waals surface area contributed by atoms with Crippen LogP contribution in [0, 0.1) is 17.2 Å². The molecular weight excluding hydrogens is 366 g/mol. The zero-order valence-electron chi connectivity index (χ0n) is 16.1. The molecule has 28 heavy (non-hydrogen) atoms. The Labute approximate surface area is 164 Å². The van der Waals surface area contributed by atoms with Crippen molar-refractivity contribution in [3.05, 3.63) is 35.9 Å². The summed E-state index contributed by atoms with van der Waals surface area (Å²) in [6.45, 7) is 3.22. The first-order valence-electron chi connectivity index (χ1n) is 9.87. The van der Waals surface area contributed by atoms with Crippen LogP contribution in [0.1, 0.15) is 44.6 Å². The number of piperidine rings is 1. The Balaban J connectivity index is 1.77. The Morgan fingerprint density at radius 1 is 1.32 bits per heavy atom. The van der Waals surface area contributed by atoms with Gasteiger partial charge in [-0.2, -0.15) is 0 Å².